The molecule has 2 amide bonds. The number of likely N-dealkylation sites (N-methyl/N-ethyl adjacent to an activating group) is 2. The monoisotopic (exact) mass is 368 g/mol. The van der Waals surface area contributed by atoms with Crippen LogP contribution in [0.3, 0.4) is 0 Å². The Morgan fingerprint density at radius 1 is 1.04 bits per heavy atom. The molecule has 2 aromatic carbocycles. The molecule has 0 saturated carbocycles. The molecule has 144 valence electrons. The van der Waals surface area contributed by atoms with Crippen molar-refractivity contribution in [1.29, 1.82) is 0 Å². The van der Waals surface area contributed by atoms with E-state index in [4.69, 9.17) is 0 Å². The first kappa shape index (κ1) is 20.6. The summed E-state index contributed by atoms with van der Waals surface area (Å²) >= 11 is 0. The summed E-state index contributed by atoms with van der Waals surface area (Å²) in [7, 11) is 3.67. The zero-order valence-electron chi connectivity index (χ0n) is 16.9. The summed E-state index contributed by atoms with van der Waals surface area (Å²) in [4.78, 5) is 27.5. The third kappa shape index (κ3) is 5.66. The van der Waals surface area contributed by atoms with Crippen LogP contribution in [-0.4, -0.2) is 43.9 Å². The van der Waals surface area contributed by atoms with Crippen molar-refractivity contribution in [2.45, 2.75) is 26.8 Å². The van der Waals surface area contributed by atoms with Crippen molar-refractivity contribution in [2.75, 3.05) is 32.5 Å². The molecule has 0 heterocycles. The maximum absolute atomic E-state index is 12.6. The molecule has 2 N–H and O–H groups in total. The van der Waals surface area contributed by atoms with Crippen molar-refractivity contribution >= 4 is 17.5 Å². The van der Waals surface area contributed by atoms with Crippen molar-refractivity contribution in [3.05, 3.63) is 65.2 Å². The van der Waals surface area contributed by atoms with E-state index in [2.05, 4.69) is 5.32 Å². The molecule has 1 unspecified atom stereocenters. The van der Waals surface area contributed by atoms with E-state index in [0.717, 1.165) is 27.3 Å². The fourth-order valence-corrected chi connectivity index (χ4v) is 2.97. The maximum Gasteiger partial charge on any atom is 0.279 e. The van der Waals surface area contributed by atoms with E-state index in [9.17, 15) is 9.59 Å². The summed E-state index contributed by atoms with van der Waals surface area (Å²) in [6, 6.07) is 15.8. The molecule has 0 aromatic heterocycles. The van der Waals surface area contributed by atoms with Crippen LogP contribution in [0, 0.1) is 13.8 Å². The van der Waals surface area contributed by atoms with Crippen molar-refractivity contribution < 1.29 is 14.5 Å². The van der Waals surface area contributed by atoms with Crippen molar-refractivity contribution in [3.8, 4) is 0 Å². The molecule has 0 aliphatic heterocycles. The number of nitrogens with zero attached hydrogens (tertiary/aromatic N) is 1. The quantitative estimate of drug-likeness (QED) is 0.785. The van der Waals surface area contributed by atoms with Crippen LogP contribution in [-0.2, 0) is 9.59 Å². The molecule has 5 heteroatoms. The fourth-order valence-electron chi connectivity index (χ4n) is 2.97. The van der Waals surface area contributed by atoms with E-state index in [1.54, 1.807) is 4.90 Å². The number of carbonyl (C=O) groups excluding carboxylic acids is 2. The summed E-state index contributed by atoms with van der Waals surface area (Å²) in [5.74, 6) is -0.0730. The highest BCUT2D eigenvalue weighted by Crippen LogP contribution is 2.18. The first-order valence-corrected chi connectivity index (χ1v) is 9.27. The Labute approximate surface area is 162 Å². The summed E-state index contributed by atoms with van der Waals surface area (Å²) in [6.07, 6.45) is 0. The lowest BCUT2D eigenvalue weighted by molar-refractivity contribution is -0.862. The number of hydrogen-bond donors (Lipinski definition) is 2. The third-order valence-corrected chi connectivity index (χ3v) is 5.05. The molecule has 2 rings (SSSR count). The number of rotatable bonds is 7. The van der Waals surface area contributed by atoms with Gasteiger partial charge in [0, 0.05) is 12.7 Å². The van der Waals surface area contributed by atoms with E-state index >= 15 is 0 Å². The molecule has 0 spiro atoms. The molecule has 0 aliphatic carbocycles. The van der Waals surface area contributed by atoms with Gasteiger partial charge in [0.2, 0.25) is 0 Å². The Kier molecular flexibility index (Phi) is 7.13. The number of amides is 2. The smallest absolute Gasteiger partial charge is 0.279 e. The minimum absolute atomic E-state index is 0.00438. The van der Waals surface area contributed by atoms with Gasteiger partial charge in [-0.15, -0.1) is 0 Å². The van der Waals surface area contributed by atoms with E-state index in [1.165, 1.54) is 0 Å². The Morgan fingerprint density at radius 2 is 1.70 bits per heavy atom. The van der Waals surface area contributed by atoms with Crippen molar-refractivity contribution in [3.63, 3.8) is 0 Å². The first-order chi connectivity index (χ1) is 12.8. The lowest BCUT2D eigenvalue weighted by atomic mass is 10.1. The fraction of sp³-hybridized carbons (Fsp3) is 0.364. The second kappa shape index (κ2) is 9.33. The van der Waals surface area contributed by atoms with E-state index in [1.807, 2.05) is 83.4 Å². The van der Waals surface area contributed by atoms with Gasteiger partial charge in [-0.1, -0.05) is 42.5 Å². The van der Waals surface area contributed by atoms with Gasteiger partial charge in [0.1, 0.15) is 0 Å². The number of nitrogens with one attached hydrogen (secondary N) is 2. The molecule has 0 bridgehead atoms. The van der Waals surface area contributed by atoms with E-state index < -0.39 is 0 Å². The second-order valence-electron chi connectivity index (χ2n) is 7.20. The Bertz CT molecular complexity index is 789. The summed E-state index contributed by atoms with van der Waals surface area (Å²) in [5.41, 5.74) is 4.13. The van der Waals surface area contributed by atoms with Crippen LogP contribution < -0.4 is 10.2 Å². The Hall–Kier alpha value is -2.66. The molecule has 5 nitrogen and oxygen atoms in total. The standard InChI is InChI=1S/C22H29N3O2/c1-16-10-9-13-20(17(16)2)23-21(26)14-24(4)15-22(27)25(5)18(3)19-11-7-6-8-12-19/h6-13,18H,14-15H2,1-5H3,(H,23,26)/p+1/t18-/m0/s1. The second-order valence-corrected chi connectivity index (χ2v) is 7.20. The minimum Gasteiger partial charge on any atom is -0.334 e. The zero-order valence-corrected chi connectivity index (χ0v) is 16.9. The zero-order chi connectivity index (χ0) is 20.0. The predicted octanol–water partition coefficient (Wildman–Crippen LogP) is 1.98. The van der Waals surface area contributed by atoms with Gasteiger partial charge in [0.05, 0.1) is 13.1 Å². The van der Waals surface area contributed by atoms with Crippen LogP contribution in [0.4, 0.5) is 5.69 Å². The van der Waals surface area contributed by atoms with Crippen LogP contribution in [0.5, 0.6) is 0 Å². The van der Waals surface area contributed by atoms with Crippen LogP contribution in [0.25, 0.3) is 0 Å². The number of anilines is 1. The average Bonchev–Trinajstić information content (AvgIpc) is 2.64. The van der Waals surface area contributed by atoms with Crippen LogP contribution in [0.1, 0.15) is 29.7 Å². The van der Waals surface area contributed by atoms with Crippen molar-refractivity contribution in [1.82, 2.24) is 4.90 Å². The van der Waals surface area contributed by atoms with E-state index in [0.29, 0.717) is 0 Å². The first-order valence-electron chi connectivity index (χ1n) is 9.27. The molecule has 27 heavy (non-hydrogen) atoms. The molecule has 2 atom stereocenters. The van der Waals surface area contributed by atoms with Gasteiger partial charge in [0.15, 0.2) is 13.1 Å². The number of hydrogen-bond acceptors (Lipinski definition) is 2. The largest absolute Gasteiger partial charge is 0.334 e. The highest BCUT2D eigenvalue weighted by molar-refractivity contribution is 5.92. The maximum atomic E-state index is 12.6. The van der Waals surface area contributed by atoms with Gasteiger partial charge in [0.25, 0.3) is 11.8 Å². The lowest BCUT2D eigenvalue weighted by Gasteiger charge is -2.26. The molecule has 0 radical (unpaired) electrons. The Morgan fingerprint density at radius 3 is 2.37 bits per heavy atom. The van der Waals surface area contributed by atoms with Gasteiger partial charge < -0.3 is 15.1 Å². The number of benzene rings is 2. The minimum atomic E-state index is -0.0900. The van der Waals surface area contributed by atoms with Gasteiger partial charge >= 0.3 is 0 Å². The lowest BCUT2D eigenvalue weighted by Crippen LogP contribution is -3.11. The molecule has 2 aromatic rings. The number of carbonyl (C=O) groups is 2. The normalized spacial score (nSPS) is 12.9. The van der Waals surface area contributed by atoms with Gasteiger partial charge in [-0.3, -0.25) is 9.59 Å². The van der Waals surface area contributed by atoms with E-state index in [-0.39, 0.29) is 30.9 Å². The molecular weight excluding hydrogens is 338 g/mol. The summed E-state index contributed by atoms with van der Waals surface area (Å²) in [5, 5.41) is 2.95. The summed E-state index contributed by atoms with van der Waals surface area (Å²) in [6.45, 7) is 6.53. The summed E-state index contributed by atoms with van der Waals surface area (Å²) < 4.78 is 0. The van der Waals surface area contributed by atoms with Crippen LogP contribution in [0.15, 0.2) is 48.5 Å². The number of quaternary nitrogens is 1. The SMILES string of the molecule is Cc1cccc(NC(=O)C[NH+](C)CC(=O)N(C)[C@@H](C)c2ccccc2)c1C. The van der Waals surface area contributed by atoms with Gasteiger partial charge in [-0.25, -0.2) is 0 Å². The molecule has 0 fully saturated rings. The average molecular weight is 369 g/mol. The van der Waals surface area contributed by atoms with Crippen LogP contribution in [0.2, 0.25) is 0 Å². The molecular formula is C22H30N3O2+. The van der Waals surface area contributed by atoms with Crippen molar-refractivity contribution in [2.24, 2.45) is 0 Å². The van der Waals surface area contributed by atoms with Gasteiger partial charge in [-0.2, -0.15) is 0 Å². The van der Waals surface area contributed by atoms with Gasteiger partial charge in [-0.05, 0) is 43.5 Å². The predicted molar refractivity (Wildman–Crippen MR) is 109 cm³/mol. The highest BCUT2D eigenvalue weighted by Gasteiger charge is 2.21. The Balaban J connectivity index is 1.88. The molecule has 0 saturated heterocycles. The van der Waals surface area contributed by atoms with Crippen LogP contribution >= 0.6 is 0 Å². The topological polar surface area (TPSA) is 53.9 Å². The number of aryl methyl sites for hydroxylation is 1. The highest BCUT2D eigenvalue weighted by atomic mass is 16.2. The molecule has 0 aliphatic rings. The third-order valence-electron chi connectivity index (χ3n) is 5.05.